The first-order valence-electron chi connectivity index (χ1n) is 9.97. The highest BCUT2D eigenvalue weighted by molar-refractivity contribution is 6.31. The lowest BCUT2D eigenvalue weighted by Crippen LogP contribution is -2.39. The molecule has 156 valence electrons. The molecule has 1 aliphatic rings. The Balaban J connectivity index is 1.44. The number of nitrogens with one attached hydrogen (secondary N) is 1. The number of likely N-dealkylation sites (tertiary alicyclic amines) is 1. The van der Waals surface area contributed by atoms with Gasteiger partial charge >= 0.3 is 5.69 Å². The summed E-state index contributed by atoms with van der Waals surface area (Å²) in [5.41, 5.74) is 1.13. The van der Waals surface area contributed by atoms with Crippen LogP contribution in [0.1, 0.15) is 24.4 Å². The number of nitrogens with zero attached hydrogens (tertiary/aromatic N) is 5. The molecule has 2 aromatic carbocycles. The molecule has 1 aliphatic heterocycles. The molecule has 3 aromatic rings. The molecule has 0 bridgehead atoms. The lowest BCUT2D eigenvalue weighted by atomic mass is 10.1. The van der Waals surface area contributed by atoms with Crippen molar-refractivity contribution in [2.45, 2.75) is 25.4 Å². The molecule has 1 atom stereocenters. The van der Waals surface area contributed by atoms with Crippen LogP contribution in [-0.2, 0) is 11.3 Å². The first kappa shape index (κ1) is 20.3. The average Bonchev–Trinajstić information content (AvgIpc) is 3.41. The van der Waals surface area contributed by atoms with Gasteiger partial charge in [-0.1, -0.05) is 48.0 Å². The highest BCUT2D eigenvalue weighted by atomic mass is 35.5. The van der Waals surface area contributed by atoms with Crippen LogP contribution in [0.5, 0.6) is 0 Å². The fourth-order valence-electron chi connectivity index (χ4n) is 3.74. The van der Waals surface area contributed by atoms with Gasteiger partial charge < -0.3 is 5.32 Å². The molecule has 1 saturated heterocycles. The van der Waals surface area contributed by atoms with E-state index in [1.807, 2.05) is 30.3 Å². The fourth-order valence-corrected chi connectivity index (χ4v) is 4.00. The number of halogens is 1. The lowest BCUT2D eigenvalue weighted by molar-refractivity contribution is -0.122. The quantitative estimate of drug-likeness (QED) is 0.625. The Morgan fingerprint density at radius 3 is 2.47 bits per heavy atom. The zero-order valence-corrected chi connectivity index (χ0v) is 17.2. The standard InChI is InChI=1S/C21H23ClN6O2/c22-18-11-5-4-10-17(18)19(26-12-6-7-13-26)14-23-20(29)15-27-21(30)28(25-24-27)16-8-2-1-3-9-16/h1-5,8-11,19H,6-7,12-15H2,(H,23,29)/t19-/m1/s1. The van der Waals surface area contributed by atoms with Gasteiger partial charge in [0.2, 0.25) is 5.91 Å². The summed E-state index contributed by atoms with van der Waals surface area (Å²) in [5.74, 6) is -0.298. The highest BCUT2D eigenvalue weighted by Gasteiger charge is 2.25. The second-order valence-corrected chi connectivity index (χ2v) is 7.66. The van der Waals surface area contributed by atoms with Crippen molar-refractivity contribution in [2.24, 2.45) is 0 Å². The van der Waals surface area contributed by atoms with Crippen molar-refractivity contribution in [1.82, 2.24) is 30.0 Å². The fraction of sp³-hybridized carbons (Fsp3) is 0.333. The van der Waals surface area contributed by atoms with E-state index in [1.165, 1.54) is 4.68 Å². The molecule has 1 fully saturated rings. The molecule has 8 nitrogen and oxygen atoms in total. The van der Waals surface area contributed by atoms with Crippen molar-refractivity contribution >= 4 is 17.5 Å². The molecule has 1 N–H and O–H groups in total. The number of benzene rings is 2. The van der Waals surface area contributed by atoms with Gasteiger partial charge in [0.05, 0.1) is 11.7 Å². The van der Waals surface area contributed by atoms with Crippen LogP contribution >= 0.6 is 11.6 Å². The summed E-state index contributed by atoms with van der Waals surface area (Å²) in [6.45, 7) is 2.15. The Bertz CT molecular complexity index is 1060. The number of hydrogen-bond acceptors (Lipinski definition) is 5. The molecule has 0 radical (unpaired) electrons. The predicted molar refractivity (Wildman–Crippen MR) is 114 cm³/mol. The van der Waals surface area contributed by atoms with Gasteiger partial charge in [-0.25, -0.2) is 4.79 Å². The summed E-state index contributed by atoms with van der Waals surface area (Å²) < 4.78 is 2.23. The van der Waals surface area contributed by atoms with Crippen molar-refractivity contribution in [2.75, 3.05) is 19.6 Å². The van der Waals surface area contributed by atoms with Crippen LogP contribution < -0.4 is 11.0 Å². The highest BCUT2D eigenvalue weighted by Crippen LogP contribution is 2.29. The number of aromatic nitrogens is 4. The zero-order valence-electron chi connectivity index (χ0n) is 16.4. The molecule has 9 heteroatoms. The molecule has 4 rings (SSSR count). The minimum atomic E-state index is -0.460. The van der Waals surface area contributed by atoms with E-state index < -0.39 is 5.69 Å². The topological polar surface area (TPSA) is 85.0 Å². The number of amides is 1. The van der Waals surface area contributed by atoms with Crippen molar-refractivity contribution < 1.29 is 4.79 Å². The number of para-hydroxylation sites is 1. The van der Waals surface area contributed by atoms with Gasteiger partial charge in [-0.15, -0.1) is 0 Å². The van der Waals surface area contributed by atoms with E-state index in [0.717, 1.165) is 36.2 Å². The maximum absolute atomic E-state index is 12.5. The molecule has 1 aromatic heterocycles. The summed E-state index contributed by atoms with van der Waals surface area (Å²) in [6, 6.07) is 16.7. The van der Waals surface area contributed by atoms with Crippen LogP contribution in [-0.4, -0.2) is 50.2 Å². The minimum Gasteiger partial charge on any atom is -0.353 e. The van der Waals surface area contributed by atoms with Crippen LogP contribution in [0.3, 0.4) is 0 Å². The van der Waals surface area contributed by atoms with Gasteiger partial charge in [-0.05, 0) is 60.1 Å². The van der Waals surface area contributed by atoms with E-state index in [1.54, 1.807) is 24.3 Å². The van der Waals surface area contributed by atoms with Gasteiger partial charge in [0.15, 0.2) is 0 Å². The molecule has 0 unspecified atom stereocenters. The zero-order chi connectivity index (χ0) is 20.9. The largest absolute Gasteiger partial charge is 0.368 e. The van der Waals surface area contributed by atoms with E-state index in [2.05, 4.69) is 20.6 Å². The van der Waals surface area contributed by atoms with Gasteiger partial charge in [0.1, 0.15) is 6.54 Å². The van der Waals surface area contributed by atoms with Crippen molar-refractivity contribution in [3.8, 4) is 5.69 Å². The van der Waals surface area contributed by atoms with E-state index in [4.69, 9.17) is 11.6 Å². The maximum Gasteiger partial charge on any atom is 0.368 e. The first-order chi connectivity index (χ1) is 14.6. The summed E-state index contributed by atoms with van der Waals surface area (Å²) in [7, 11) is 0. The van der Waals surface area contributed by atoms with Crippen molar-refractivity contribution in [3.63, 3.8) is 0 Å². The Morgan fingerprint density at radius 2 is 1.73 bits per heavy atom. The smallest absolute Gasteiger partial charge is 0.353 e. The van der Waals surface area contributed by atoms with Crippen molar-refractivity contribution in [3.05, 3.63) is 75.7 Å². The van der Waals surface area contributed by atoms with Gasteiger partial charge in [-0.2, -0.15) is 9.36 Å². The Labute approximate surface area is 179 Å². The molecule has 0 spiro atoms. The minimum absolute atomic E-state index is 0.0122. The SMILES string of the molecule is O=C(Cn1nnn(-c2ccccc2)c1=O)NC[C@H](c1ccccc1Cl)N1CCCC1. The van der Waals surface area contributed by atoms with Crippen molar-refractivity contribution in [1.29, 1.82) is 0 Å². The molecule has 0 saturated carbocycles. The molecule has 0 aliphatic carbocycles. The van der Waals surface area contributed by atoms with Crippen LogP contribution in [0.25, 0.3) is 5.69 Å². The number of carbonyl (C=O) groups excluding carboxylic acids is 1. The molecule has 1 amide bonds. The summed E-state index contributed by atoms with van der Waals surface area (Å²) in [4.78, 5) is 27.4. The maximum atomic E-state index is 12.5. The van der Waals surface area contributed by atoms with Gasteiger partial charge in [0, 0.05) is 11.6 Å². The molecule has 2 heterocycles. The molecule has 30 heavy (non-hydrogen) atoms. The first-order valence-corrected chi connectivity index (χ1v) is 10.3. The lowest BCUT2D eigenvalue weighted by Gasteiger charge is -2.28. The average molecular weight is 427 g/mol. The third kappa shape index (κ3) is 4.44. The Morgan fingerprint density at radius 1 is 1.03 bits per heavy atom. The number of tetrazole rings is 1. The van der Waals surface area contributed by atoms with Crippen LogP contribution in [0.2, 0.25) is 5.02 Å². The summed E-state index contributed by atoms with van der Waals surface area (Å²) >= 11 is 6.42. The van der Waals surface area contributed by atoms with E-state index >= 15 is 0 Å². The monoisotopic (exact) mass is 426 g/mol. The predicted octanol–water partition coefficient (Wildman–Crippen LogP) is 2.04. The van der Waals surface area contributed by atoms with E-state index in [9.17, 15) is 9.59 Å². The second-order valence-electron chi connectivity index (χ2n) is 7.25. The second kappa shape index (κ2) is 9.23. The number of hydrogen-bond donors (Lipinski definition) is 1. The Kier molecular flexibility index (Phi) is 6.25. The third-order valence-electron chi connectivity index (χ3n) is 5.27. The number of carbonyl (C=O) groups is 1. The van der Waals surface area contributed by atoms with Crippen LogP contribution in [0.15, 0.2) is 59.4 Å². The third-order valence-corrected chi connectivity index (χ3v) is 5.62. The molecular formula is C21H23ClN6O2. The molecular weight excluding hydrogens is 404 g/mol. The Hall–Kier alpha value is -2.97. The normalized spacial score (nSPS) is 15.2. The van der Waals surface area contributed by atoms with E-state index in [0.29, 0.717) is 17.3 Å². The summed E-state index contributed by atoms with van der Waals surface area (Å²) in [5, 5.41) is 11.3. The number of rotatable bonds is 7. The summed E-state index contributed by atoms with van der Waals surface area (Å²) in [6.07, 6.45) is 2.26. The van der Waals surface area contributed by atoms with Gasteiger partial charge in [0.25, 0.3) is 0 Å². The van der Waals surface area contributed by atoms with E-state index in [-0.39, 0.29) is 18.5 Å². The van der Waals surface area contributed by atoms with Crippen LogP contribution in [0, 0.1) is 0 Å². The van der Waals surface area contributed by atoms with Crippen LogP contribution in [0.4, 0.5) is 0 Å². The van der Waals surface area contributed by atoms with Gasteiger partial charge in [-0.3, -0.25) is 9.69 Å².